The Bertz CT molecular complexity index is 568. The number of hydrogen-bond acceptors (Lipinski definition) is 3. The Morgan fingerprint density at radius 2 is 1.85 bits per heavy atom. The number of nitrogens with one attached hydrogen (secondary N) is 1. The van der Waals surface area contributed by atoms with Crippen molar-refractivity contribution in [3.8, 4) is 0 Å². The molecule has 0 unspecified atom stereocenters. The number of amides is 1. The van der Waals surface area contributed by atoms with E-state index in [1.54, 1.807) is 0 Å². The van der Waals surface area contributed by atoms with E-state index in [2.05, 4.69) is 5.32 Å². The molecule has 1 aromatic carbocycles. The van der Waals surface area contributed by atoms with Crippen molar-refractivity contribution < 1.29 is 24.6 Å². The molecular weight excluding hydrogens is 286 g/mol. The average molecular weight is 300 g/mol. The summed E-state index contributed by atoms with van der Waals surface area (Å²) in [5.74, 6) is -2.82. The quantitative estimate of drug-likeness (QED) is 0.775. The molecule has 0 fully saturated rings. The van der Waals surface area contributed by atoms with Gasteiger partial charge in [-0.05, 0) is 32.0 Å². The van der Waals surface area contributed by atoms with Crippen LogP contribution in [0.2, 0.25) is 5.02 Å². The van der Waals surface area contributed by atoms with Crippen molar-refractivity contribution in [3.05, 3.63) is 28.8 Å². The van der Waals surface area contributed by atoms with Crippen molar-refractivity contribution in [2.75, 3.05) is 5.32 Å². The van der Waals surface area contributed by atoms with Crippen LogP contribution in [0.1, 0.15) is 30.6 Å². The second-order valence-corrected chi connectivity index (χ2v) is 5.32. The van der Waals surface area contributed by atoms with E-state index in [4.69, 9.17) is 21.8 Å². The second kappa shape index (κ2) is 5.92. The average Bonchev–Trinajstić information content (AvgIpc) is 2.30. The summed E-state index contributed by atoms with van der Waals surface area (Å²) < 4.78 is 0. The lowest BCUT2D eigenvalue weighted by Gasteiger charge is -2.18. The normalized spacial score (nSPS) is 10.9. The minimum Gasteiger partial charge on any atom is -0.481 e. The Morgan fingerprint density at radius 1 is 1.25 bits per heavy atom. The Morgan fingerprint density at radius 3 is 2.35 bits per heavy atom. The van der Waals surface area contributed by atoms with Crippen LogP contribution >= 0.6 is 11.6 Å². The summed E-state index contributed by atoms with van der Waals surface area (Å²) in [4.78, 5) is 33.6. The Balaban J connectivity index is 2.84. The Hall–Kier alpha value is -2.08. The molecule has 7 heteroatoms. The lowest BCUT2D eigenvalue weighted by Crippen LogP contribution is -2.29. The second-order valence-electron chi connectivity index (χ2n) is 4.91. The van der Waals surface area contributed by atoms with E-state index in [0.29, 0.717) is 0 Å². The number of benzene rings is 1. The van der Waals surface area contributed by atoms with Gasteiger partial charge in [0.2, 0.25) is 5.91 Å². The molecule has 0 bridgehead atoms. The molecule has 6 nitrogen and oxygen atoms in total. The number of hydrogen-bond donors (Lipinski definition) is 3. The standard InChI is InChI=1S/C13H14ClNO5/c1-13(2,12(19)20)6-10(16)15-7-3-4-9(14)8(5-7)11(17)18/h3-5H,6H2,1-2H3,(H,15,16)(H,17,18)(H,19,20). The first kappa shape index (κ1) is 16.0. The number of carboxylic acid groups (broad SMARTS) is 2. The number of aromatic carboxylic acids is 1. The van der Waals surface area contributed by atoms with E-state index in [1.807, 2.05) is 0 Å². The summed E-state index contributed by atoms with van der Waals surface area (Å²) in [5, 5.41) is 20.4. The van der Waals surface area contributed by atoms with Gasteiger partial charge in [-0.2, -0.15) is 0 Å². The van der Waals surface area contributed by atoms with Crippen LogP contribution in [0.25, 0.3) is 0 Å². The molecule has 0 atom stereocenters. The molecule has 0 aliphatic heterocycles. The van der Waals surface area contributed by atoms with Crippen LogP contribution in [-0.2, 0) is 9.59 Å². The molecule has 108 valence electrons. The van der Waals surface area contributed by atoms with Crippen LogP contribution in [0.5, 0.6) is 0 Å². The molecule has 1 rings (SSSR count). The van der Waals surface area contributed by atoms with Gasteiger partial charge in [-0.1, -0.05) is 11.6 Å². The fourth-order valence-electron chi connectivity index (χ4n) is 1.45. The molecule has 0 aliphatic carbocycles. The van der Waals surface area contributed by atoms with Gasteiger partial charge in [-0.3, -0.25) is 9.59 Å². The summed E-state index contributed by atoms with van der Waals surface area (Å²) in [5.41, 5.74) is -1.09. The predicted octanol–water partition coefficient (Wildman–Crippen LogP) is 2.48. The molecule has 0 heterocycles. The number of anilines is 1. The number of halogens is 1. The molecular formula is C13H14ClNO5. The molecule has 0 saturated heterocycles. The highest BCUT2D eigenvalue weighted by atomic mass is 35.5. The van der Waals surface area contributed by atoms with Crippen molar-refractivity contribution in [2.45, 2.75) is 20.3 Å². The van der Waals surface area contributed by atoms with E-state index >= 15 is 0 Å². The first-order chi connectivity index (χ1) is 9.13. The van der Waals surface area contributed by atoms with E-state index in [9.17, 15) is 14.4 Å². The SMILES string of the molecule is CC(C)(CC(=O)Nc1ccc(Cl)c(C(=O)O)c1)C(=O)O. The largest absolute Gasteiger partial charge is 0.481 e. The van der Waals surface area contributed by atoms with Gasteiger partial charge in [0, 0.05) is 12.1 Å². The number of rotatable bonds is 5. The summed E-state index contributed by atoms with van der Waals surface area (Å²) >= 11 is 5.70. The molecule has 1 amide bonds. The van der Waals surface area contributed by atoms with Gasteiger partial charge < -0.3 is 15.5 Å². The molecule has 20 heavy (non-hydrogen) atoms. The van der Waals surface area contributed by atoms with Crippen LogP contribution in [0, 0.1) is 5.41 Å². The highest BCUT2D eigenvalue weighted by Crippen LogP contribution is 2.23. The Kier molecular flexibility index (Phi) is 4.73. The van der Waals surface area contributed by atoms with Gasteiger partial charge in [-0.15, -0.1) is 0 Å². The number of carboxylic acids is 2. The van der Waals surface area contributed by atoms with Gasteiger partial charge in [0.25, 0.3) is 0 Å². The molecule has 0 aromatic heterocycles. The van der Waals surface area contributed by atoms with Gasteiger partial charge in [0.15, 0.2) is 0 Å². The van der Waals surface area contributed by atoms with Crippen LogP contribution in [0.15, 0.2) is 18.2 Å². The molecule has 3 N–H and O–H groups in total. The maximum atomic E-state index is 11.7. The first-order valence-electron chi connectivity index (χ1n) is 5.69. The van der Waals surface area contributed by atoms with E-state index in [1.165, 1.54) is 32.0 Å². The molecule has 0 aliphatic rings. The highest BCUT2D eigenvalue weighted by Gasteiger charge is 2.30. The number of carbonyl (C=O) groups is 3. The third-order valence-corrected chi connectivity index (χ3v) is 2.99. The van der Waals surface area contributed by atoms with Crippen molar-refractivity contribution in [2.24, 2.45) is 5.41 Å². The fourth-order valence-corrected chi connectivity index (χ4v) is 1.65. The minimum atomic E-state index is -1.21. The topological polar surface area (TPSA) is 104 Å². The van der Waals surface area contributed by atoms with Gasteiger partial charge in [0.05, 0.1) is 16.0 Å². The molecule has 0 saturated carbocycles. The van der Waals surface area contributed by atoms with Crippen LogP contribution in [0.4, 0.5) is 5.69 Å². The van der Waals surface area contributed by atoms with Crippen LogP contribution in [-0.4, -0.2) is 28.1 Å². The zero-order valence-corrected chi connectivity index (χ0v) is 11.7. The smallest absolute Gasteiger partial charge is 0.337 e. The summed E-state index contributed by atoms with van der Waals surface area (Å²) in [6.07, 6.45) is -0.229. The van der Waals surface area contributed by atoms with Crippen molar-refractivity contribution in [3.63, 3.8) is 0 Å². The zero-order chi connectivity index (χ0) is 15.5. The molecule has 1 aromatic rings. The monoisotopic (exact) mass is 299 g/mol. The highest BCUT2D eigenvalue weighted by molar-refractivity contribution is 6.33. The summed E-state index contributed by atoms with van der Waals surface area (Å²) in [7, 11) is 0. The summed E-state index contributed by atoms with van der Waals surface area (Å²) in [6.45, 7) is 2.86. The van der Waals surface area contributed by atoms with Gasteiger partial charge in [-0.25, -0.2) is 4.79 Å². The molecule has 0 spiro atoms. The minimum absolute atomic E-state index is 0.0568. The Labute approximate surface area is 120 Å². The number of aliphatic carboxylic acids is 1. The van der Waals surface area contributed by atoms with Crippen molar-refractivity contribution in [1.82, 2.24) is 0 Å². The molecule has 0 radical (unpaired) electrons. The summed E-state index contributed by atoms with van der Waals surface area (Å²) in [6, 6.07) is 4.01. The maximum absolute atomic E-state index is 11.7. The lowest BCUT2D eigenvalue weighted by atomic mass is 9.89. The van der Waals surface area contributed by atoms with E-state index < -0.39 is 23.3 Å². The predicted molar refractivity (Wildman–Crippen MR) is 73.1 cm³/mol. The van der Waals surface area contributed by atoms with Gasteiger partial charge in [0.1, 0.15) is 0 Å². The van der Waals surface area contributed by atoms with Gasteiger partial charge >= 0.3 is 11.9 Å². The third-order valence-electron chi connectivity index (χ3n) is 2.66. The lowest BCUT2D eigenvalue weighted by molar-refractivity contribution is -0.148. The van der Waals surface area contributed by atoms with E-state index in [0.717, 1.165) is 0 Å². The third kappa shape index (κ3) is 3.96. The number of carbonyl (C=O) groups excluding carboxylic acids is 1. The van der Waals surface area contributed by atoms with E-state index in [-0.39, 0.29) is 22.7 Å². The first-order valence-corrected chi connectivity index (χ1v) is 6.07. The van der Waals surface area contributed by atoms with Crippen LogP contribution in [0.3, 0.4) is 0 Å². The zero-order valence-electron chi connectivity index (χ0n) is 10.9. The van der Waals surface area contributed by atoms with Crippen molar-refractivity contribution >= 4 is 35.1 Å². The maximum Gasteiger partial charge on any atom is 0.337 e. The van der Waals surface area contributed by atoms with Crippen molar-refractivity contribution in [1.29, 1.82) is 0 Å². The van der Waals surface area contributed by atoms with Crippen LogP contribution < -0.4 is 5.32 Å². The fraction of sp³-hybridized carbons (Fsp3) is 0.308.